The van der Waals surface area contributed by atoms with Crippen molar-refractivity contribution < 1.29 is 9.47 Å². The van der Waals surface area contributed by atoms with Crippen molar-refractivity contribution in [1.82, 2.24) is 10.3 Å². The molecule has 0 radical (unpaired) electrons. The Morgan fingerprint density at radius 2 is 1.86 bits per heavy atom. The lowest BCUT2D eigenvalue weighted by Crippen LogP contribution is -2.47. The van der Waals surface area contributed by atoms with Crippen LogP contribution in [0.3, 0.4) is 0 Å². The minimum Gasteiger partial charge on any atom is -0.497 e. The van der Waals surface area contributed by atoms with Crippen molar-refractivity contribution in [2.45, 2.75) is 62.4 Å². The number of hydrogen-bond donors (Lipinski definition) is 1. The summed E-state index contributed by atoms with van der Waals surface area (Å²) in [5.41, 5.74) is 2.83. The fraction of sp³-hybridized carbons (Fsp3) is 0.560. The number of benzene rings is 1. The monoisotopic (exact) mass is 394 g/mol. The molecule has 1 spiro atoms. The van der Waals surface area contributed by atoms with Gasteiger partial charge in [0.2, 0.25) is 0 Å². The van der Waals surface area contributed by atoms with Gasteiger partial charge in [-0.1, -0.05) is 31.0 Å². The average Bonchev–Trinajstić information content (AvgIpc) is 3.22. The molecule has 4 nitrogen and oxygen atoms in total. The number of pyridine rings is 1. The molecule has 1 atom stereocenters. The first kappa shape index (κ1) is 20.4. The van der Waals surface area contributed by atoms with Gasteiger partial charge in [0, 0.05) is 23.9 Å². The Hall–Kier alpha value is -1.91. The molecule has 2 aliphatic rings. The van der Waals surface area contributed by atoms with Gasteiger partial charge < -0.3 is 14.8 Å². The molecule has 156 valence electrons. The molecule has 1 aliphatic heterocycles. The maximum absolute atomic E-state index is 6.35. The number of aromatic nitrogens is 1. The first-order valence-electron chi connectivity index (χ1n) is 11.1. The van der Waals surface area contributed by atoms with E-state index in [1.807, 2.05) is 24.4 Å². The van der Waals surface area contributed by atoms with Gasteiger partial charge in [0.05, 0.1) is 12.7 Å². The molecule has 1 aromatic carbocycles. The zero-order chi connectivity index (χ0) is 20.0. The molecule has 2 fully saturated rings. The van der Waals surface area contributed by atoms with Crippen LogP contribution in [0.25, 0.3) is 0 Å². The van der Waals surface area contributed by atoms with E-state index >= 15 is 0 Å². The van der Waals surface area contributed by atoms with Crippen molar-refractivity contribution in [2.75, 3.05) is 26.8 Å². The van der Waals surface area contributed by atoms with Crippen LogP contribution in [0, 0.1) is 0 Å². The zero-order valence-corrected chi connectivity index (χ0v) is 17.7. The Morgan fingerprint density at radius 3 is 2.59 bits per heavy atom. The highest BCUT2D eigenvalue weighted by Crippen LogP contribution is 2.49. The number of methoxy groups -OCH3 is 1. The molecule has 1 N–H and O–H groups in total. The van der Waals surface area contributed by atoms with E-state index in [1.54, 1.807) is 7.11 Å². The number of rotatable bonds is 8. The maximum atomic E-state index is 6.35. The summed E-state index contributed by atoms with van der Waals surface area (Å²) in [6.45, 7) is 2.87. The Kier molecular flexibility index (Phi) is 6.51. The zero-order valence-electron chi connectivity index (χ0n) is 17.7. The van der Waals surface area contributed by atoms with E-state index in [0.29, 0.717) is 0 Å². The van der Waals surface area contributed by atoms with E-state index in [0.717, 1.165) is 51.1 Å². The highest BCUT2D eigenvalue weighted by Gasteiger charge is 2.48. The van der Waals surface area contributed by atoms with Crippen LogP contribution in [0.1, 0.15) is 56.2 Å². The minimum atomic E-state index is 0.0961. The van der Waals surface area contributed by atoms with Gasteiger partial charge in [0.25, 0.3) is 0 Å². The predicted molar refractivity (Wildman–Crippen MR) is 116 cm³/mol. The molecule has 0 amide bonds. The summed E-state index contributed by atoms with van der Waals surface area (Å²) in [4.78, 5) is 4.80. The Labute approximate surface area is 175 Å². The largest absolute Gasteiger partial charge is 0.497 e. The van der Waals surface area contributed by atoms with Crippen LogP contribution < -0.4 is 10.1 Å². The fourth-order valence-electron chi connectivity index (χ4n) is 5.27. The van der Waals surface area contributed by atoms with Gasteiger partial charge in [-0.2, -0.15) is 0 Å². The second-order valence-corrected chi connectivity index (χ2v) is 8.76. The van der Waals surface area contributed by atoms with Crippen LogP contribution in [-0.2, 0) is 16.6 Å². The van der Waals surface area contributed by atoms with E-state index in [4.69, 9.17) is 14.5 Å². The third-order valence-corrected chi connectivity index (χ3v) is 6.90. The van der Waals surface area contributed by atoms with E-state index < -0.39 is 0 Å². The first-order chi connectivity index (χ1) is 14.2. The quantitative estimate of drug-likeness (QED) is 0.661. The van der Waals surface area contributed by atoms with Gasteiger partial charge in [0.1, 0.15) is 5.75 Å². The molecule has 1 aromatic heterocycles. The van der Waals surface area contributed by atoms with Crippen LogP contribution in [0.2, 0.25) is 0 Å². The summed E-state index contributed by atoms with van der Waals surface area (Å²) in [5, 5.41) is 3.68. The van der Waals surface area contributed by atoms with Crippen molar-refractivity contribution in [3.05, 3.63) is 59.9 Å². The van der Waals surface area contributed by atoms with Crippen LogP contribution in [0.5, 0.6) is 5.75 Å². The summed E-state index contributed by atoms with van der Waals surface area (Å²) >= 11 is 0. The van der Waals surface area contributed by atoms with Crippen LogP contribution >= 0.6 is 0 Å². The van der Waals surface area contributed by atoms with Crippen molar-refractivity contribution in [1.29, 1.82) is 0 Å². The summed E-state index contributed by atoms with van der Waals surface area (Å²) in [6, 6.07) is 14.8. The van der Waals surface area contributed by atoms with Gasteiger partial charge in [-0.15, -0.1) is 0 Å². The predicted octanol–water partition coefficient (Wildman–Crippen LogP) is 4.67. The highest BCUT2D eigenvalue weighted by atomic mass is 16.5. The molecular weight excluding hydrogens is 360 g/mol. The molecule has 1 saturated heterocycles. The molecule has 0 bridgehead atoms. The van der Waals surface area contributed by atoms with Crippen molar-refractivity contribution in [3.63, 3.8) is 0 Å². The van der Waals surface area contributed by atoms with E-state index in [-0.39, 0.29) is 11.0 Å². The van der Waals surface area contributed by atoms with E-state index in [9.17, 15) is 0 Å². The molecule has 0 unspecified atom stereocenters. The Bertz CT molecular complexity index is 756. The summed E-state index contributed by atoms with van der Waals surface area (Å²) in [7, 11) is 1.71. The van der Waals surface area contributed by atoms with Gasteiger partial charge in [-0.05, 0) is 81.4 Å². The maximum Gasteiger partial charge on any atom is 0.118 e. The van der Waals surface area contributed by atoms with Crippen molar-refractivity contribution in [2.24, 2.45) is 0 Å². The minimum absolute atomic E-state index is 0.0961. The SMILES string of the molecule is COc1ccc(CCNCC[C@]2(c3ccccn3)CCOC3(CCCC3)C2)cc1. The molecule has 2 heterocycles. The van der Waals surface area contributed by atoms with E-state index in [1.165, 1.54) is 36.9 Å². The van der Waals surface area contributed by atoms with Crippen LogP contribution in [0.15, 0.2) is 48.7 Å². The molecule has 1 saturated carbocycles. The van der Waals surface area contributed by atoms with Gasteiger partial charge in [0.15, 0.2) is 0 Å². The fourth-order valence-corrected chi connectivity index (χ4v) is 5.27. The van der Waals surface area contributed by atoms with Gasteiger partial charge in [-0.3, -0.25) is 4.98 Å². The lowest BCUT2D eigenvalue weighted by molar-refractivity contribution is -0.104. The number of nitrogens with zero attached hydrogens (tertiary/aromatic N) is 1. The second kappa shape index (κ2) is 9.27. The normalized spacial score (nSPS) is 23.3. The number of nitrogens with one attached hydrogen (secondary N) is 1. The Morgan fingerprint density at radius 1 is 1.03 bits per heavy atom. The van der Waals surface area contributed by atoms with Crippen LogP contribution in [-0.4, -0.2) is 37.4 Å². The highest BCUT2D eigenvalue weighted by molar-refractivity contribution is 5.27. The standard InChI is InChI=1S/C25H34N2O2/c1-28-22-9-7-21(8-10-22)11-17-26-18-14-24(23-6-2-5-16-27-23)15-19-29-25(20-24)12-3-4-13-25/h2,5-10,16,26H,3-4,11-15,17-20H2,1H3/t24-/m0/s1. The average molecular weight is 395 g/mol. The lowest BCUT2D eigenvalue weighted by Gasteiger charge is -2.46. The molecule has 2 aromatic rings. The Balaban J connectivity index is 1.36. The van der Waals surface area contributed by atoms with Gasteiger partial charge in [-0.25, -0.2) is 0 Å². The van der Waals surface area contributed by atoms with Crippen molar-refractivity contribution >= 4 is 0 Å². The molecule has 29 heavy (non-hydrogen) atoms. The third-order valence-electron chi connectivity index (χ3n) is 6.90. The lowest BCUT2D eigenvalue weighted by atomic mass is 9.68. The summed E-state index contributed by atoms with van der Waals surface area (Å²) in [5.74, 6) is 0.916. The summed E-state index contributed by atoms with van der Waals surface area (Å²) < 4.78 is 11.6. The topological polar surface area (TPSA) is 43.4 Å². The number of ether oxygens (including phenoxy) is 2. The second-order valence-electron chi connectivity index (χ2n) is 8.76. The molecule has 4 heteroatoms. The van der Waals surface area contributed by atoms with Crippen LogP contribution in [0.4, 0.5) is 0 Å². The molecule has 4 rings (SSSR count). The third kappa shape index (κ3) is 4.81. The molecule has 1 aliphatic carbocycles. The smallest absolute Gasteiger partial charge is 0.118 e. The van der Waals surface area contributed by atoms with E-state index in [2.05, 4.69) is 29.6 Å². The van der Waals surface area contributed by atoms with Gasteiger partial charge >= 0.3 is 0 Å². The number of hydrogen-bond acceptors (Lipinski definition) is 4. The molecular formula is C25H34N2O2. The summed E-state index contributed by atoms with van der Waals surface area (Å²) in [6.07, 6.45) is 11.3. The first-order valence-corrected chi connectivity index (χ1v) is 11.1. The van der Waals surface area contributed by atoms with Crippen molar-refractivity contribution in [3.8, 4) is 5.75 Å².